The summed E-state index contributed by atoms with van der Waals surface area (Å²) in [6, 6.07) is 3.39. The van der Waals surface area contributed by atoms with E-state index in [4.69, 9.17) is 0 Å². The Morgan fingerprint density at radius 3 is 2.70 bits per heavy atom. The average molecular weight is 278 g/mol. The van der Waals surface area contributed by atoms with Crippen molar-refractivity contribution < 1.29 is 9.18 Å². The lowest BCUT2D eigenvalue weighted by molar-refractivity contribution is 0.0867. The van der Waals surface area contributed by atoms with Crippen molar-refractivity contribution in [2.24, 2.45) is 5.92 Å². The Labute approximate surface area is 120 Å². The van der Waals surface area contributed by atoms with Crippen molar-refractivity contribution in [2.75, 3.05) is 13.1 Å². The molecule has 1 heterocycles. The molecule has 1 unspecified atom stereocenters. The van der Waals surface area contributed by atoms with Crippen molar-refractivity contribution in [1.82, 2.24) is 9.88 Å². The highest BCUT2D eigenvalue weighted by Gasteiger charge is 2.25. The summed E-state index contributed by atoms with van der Waals surface area (Å²) in [6.45, 7) is 5.81. The highest BCUT2D eigenvalue weighted by atomic mass is 19.1. The summed E-state index contributed by atoms with van der Waals surface area (Å²) >= 11 is 0. The SMILES string of the molecule is CCN(CC(C)C(=O)c1ccc(F)cn1)C1CCCC1. The zero-order valence-electron chi connectivity index (χ0n) is 12.3. The van der Waals surface area contributed by atoms with Gasteiger partial charge in [0.25, 0.3) is 0 Å². The van der Waals surface area contributed by atoms with Gasteiger partial charge in [0.05, 0.1) is 6.20 Å². The quantitative estimate of drug-likeness (QED) is 0.749. The molecule has 1 aliphatic rings. The first-order valence-corrected chi connectivity index (χ1v) is 7.51. The number of carbonyl (C=O) groups is 1. The zero-order valence-corrected chi connectivity index (χ0v) is 12.3. The molecule has 0 spiro atoms. The molecule has 0 bridgehead atoms. The molecular formula is C16H23FN2O. The summed E-state index contributed by atoms with van der Waals surface area (Å²) in [5.74, 6) is -0.509. The first kappa shape index (κ1) is 15.1. The molecule has 4 heteroatoms. The summed E-state index contributed by atoms with van der Waals surface area (Å²) in [5.41, 5.74) is 0.362. The van der Waals surface area contributed by atoms with Gasteiger partial charge in [0, 0.05) is 18.5 Å². The molecule has 0 radical (unpaired) electrons. The molecule has 0 N–H and O–H groups in total. The molecule has 20 heavy (non-hydrogen) atoms. The van der Waals surface area contributed by atoms with Crippen LogP contribution in [0.5, 0.6) is 0 Å². The summed E-state index contributed by atoms with van der Waals surface area (Å²) in [4.78, 5) is 18.6. The van der Waals surface area contributed by atoms with Gasteiger partial charge < -0.3 is 0 Å². The smallest absolute Gasteiger partial charge is 0.185 e. The summed E-state index contributed by atoms with van der Waals surface area (Å²) in [5, 5.41) is 0. The third-order valence-corrected chi connectivity index (χ3v) is 4.18. The fourth-order valence-corrected chi connectivity index (χ4v) is 3.01. The van der Waals surface area contributed by atoms with Crippen LogP contribution in [0.15, 0.2) is 18.3 Å². The lowest BCUT2D eigenvalue weighted by Gasteiger charge is -2.29. The molecular weight excluding hydrogens is 255 g/mol. The van der Waals surface area contributed by atoms with Crippen LogP contribution in [0.1, 0.15) is 50.0 Å². The van der Waals surface area contributed by atoms with Gasteiger partial charge in [-0.25, -0.2) is 4.39 Å². The second kappa shape index (κ2) is 6.93. The van der Waals surface area contributed by atoms with Gasteiger partial charge >= 0.3 is 0 Å². The van der Waals surface area contributed by atoms with E-state index in [1.807, 2.05) is 6.92 Å². The van der Waals surface area contributed by atoms with Crippen molar-refractivity contribution in [1.29, 1.82) is 0 Å². The molecule has 0 aliphatic heterocycles. The largest absolute Gasteiger partial charge is 0.300 e. The van der Waals surface area contributed by atoms with Gasteiger partial charge in [-0.1, -0.05) is 26.7 Å². The minimum absolute atomic E-state index is 0.00134. The Hall–Kier alpha value is -1.29. The fourth-order valence-electron chi connectivity index (χ4n) is 3.01. The van der Waals surface area contributed by atoms with Gasteiger partial charge in [-0.05, 0) is 31.5 Å². The van der Waals surface area contributed by atoms with E-state index in [2.05, 4.69) is 16.8 Å². The van der Waals surface area contributed by atoms with E-state index in [-0.39, 0.29) is 11.7 Å². The molecule has 1 atom stereocenters. The van der Waals surface area contributed by atoms with Gasteiger partial charge in [-0.15, -0.1) is 0 Å². The van der Waals surface area contributed by atoms with Gasteiger partial charge in [0.1, 0.15) is 11.5 Å². The van der Waals surface area contributed by atoms with Crippen molar-refractivity contribution >= 4 is 5.78 Å². The van der Waals surface area contributed by atoms with Gasteiger partial charge in [0.15, 0.2) is 5.78 Å². The number of hydrogen-bond donors (Lipinski definition) is 0. The van der Waals surface area contributed by atoms with Gasteiger partial charge in [-0.3, -0.25) is 14.7 Å². The molecule has 3 nitrogen and oxygen atoms in total. The fraction of sp³-hybridized carbons (Fsp3) is 0.625. The first-order chi connectivity index (χ1) is 9.61. The van der Waals surface area contributed by atoms with Crippen LogP contribution in [-0.4, -0.2) is 34.8 Å². The number of pyridine rings is 1. The number of Topliss-reactive ketones (excluding diaryl/α,β-unsaturated/α-hetero) is 1. The zero-order chi connectivity index (χ0) is 14.5. The van der Waals surface area contributed by atoms with E-state index < -0.39 is 5.82 Å². The Kier molecular flexibility index (Phi) is 5.24. The van der Waals surface area contributed by atoms with Crippen molar-refractivity contribution in [3.05, 3.63) is 29.8 Å². The maximum Gasteiger partial charge on any atom is 0.185 e. The molecule has 110 valence electrons. The topological polar surface area (TPSA) is 33.2 Å². The van der Waals surface area contributed by atoms with Crippen LogP contribution >= 0.6 is 0 Å². The van der Waals surface area contributed by atoms with Gasteiger partial charge in [-0.2, -0.15) is 0 Å². The summed E-state index contributed by atoms with van der Waals surface area (Å²) < 4.78 is 12.8. The van der Waals surface area contributed by atoms with Crippen molar-refractivity contribution in [2.45, 2.75) is 45.6 Å². The van der Waals surface area contributed by atoms with Crippen molar-refractivity contribution in [3.63, 3.8) is 0 Å². The van der Waals surface area contributed by atoms with Crippen LogP contribution in [0.4, 0.5) is 4.39 Å². The number of hydrogen-bond acceptors (Lipinski definition) is 3. The number of nitrogens with zero attached hydrogens (tertiary/aromatic N) is 2. The first-order valence-electron chi connectivity index (χ1n) is 7.51. The number of carbonyl (C=O) groups excluding carboxylic acids is 1. The third kappa shape index (κ3) is 3.63. The maximum absolute atomic E-state index is 12.8. The monoisotopic (exact) mass is 278 g/mol. The Morgan fingerprint density at radius 2 is 2.15 bits per heavy atom. The standard InChI is InChI=1S/C16H23FN2O/c1-3-19(14-6-4-5-7-14)11-12(2)16(20)15-9-8-13(17)10-18-15/h8-10,12,14H,3-7,11H2,1-2H3. The van der Waals surface area contributed by atoms with Crippen LogP contribution < -0.4 is 0 Å². The van der Waals surface area contributed by atoms with Crippen LogP contribution in [0.2, 0.25) is 0 Å². The predicted octanol–water partition coefficient (Wildman–Crippen LogP) is 3.30. The third-order valence-electron chi connectivity index (χ3n) is 4.18. The molecule has 1 aromatic heterocycles. The van der Waals surface area contributed by atoms with E-state index >= 15 is 0 Å². The Balaban J connectivity index is 1.97. The number of halogens is 1. The van der Waals surface area contributed by atoms with E-state index in [9.17, 15) is 9.18 Å². The normalized spacial score (nSPS) is 17.6. The summed E-state index contributed by atoms with van der Waals surface area (Å²) in [7, 11) is 0. The maximum atomic E-state index is 12.8. The summed E-state index contributed by atoms with van der Waals surface area (Å²) in [6.07, 6.45) is 6.17. The number of aromatic nitrogens is 1. The van der Waals surface area contributed by atoms with Crippen LogP contribution in [-0.2, 0) is 0 Å². The lowest BCUT2D eigenvalue weighted by Crippen LogP contribution is -2.38. The molecule has 1 fully saturated rings. The van der Waals surface area contributed by atoms with E-state index in [1.54, 1.807) is 0 Å². The second-order valence-electron chi connectivity index (χ2n) is 5.65. The molecule has 0 saturated heterocycles. The molecule has 1 aromatic rings. The minimum atomic E-state index is -0.407. The Bertz CT molecular complexity index is 440. The van der Waals surface area contributed by atoms with Crippen LogP contribution in [0.25, 0.3) is 0 Å². The minimum Gasteiger partial charge on any atom is -0.300 e. The van der Waals surface area contributed by atoms with E-state index in [0.29, 0.717) is 11.7 Å². The van der Waals surface area contributed by atoms with E-state index in [0.717, 1.165) is 19.3 Å². The molecule has 0 aromatic carbocycles. The lowest BCUT2D eigenvalue weighted by atomic mass is 10.0. The van der Waals surface area contributed by atoms with Crippen LogP contribution in [0, 0.1) is 11.7 Å². The number of ketones is 1. The van der Waals surface area contributed by atoms with Crippen molar-refractivity contribution in [3.8, 4) is 0 Å². The highest BCUT2D eigenvalue weighted by Crippen LogP contribution is 2.24. The van der Waals surface area contributed by atoms with Gasteiger partial charge in [0.2, 0.25) is 0 Å². The van der Waals surface area contributed by atoms with E-state index in [1.165, 1.54) is 37.8 Å². The average Bonchev–Trinajstić information content (AvgIpc) is 2.98. The molecule has 0 amide bonds. The molecule has 1 saturated carbocycles. The Morgan fingerprint density at radius 1 is 1.45 bits per heavy atom. The molecule has 1 aliphatic carbocycles. The molecule has 2 rings (SSSR count). The second-order valence-corrected chi connectivity index (χ2v) is 5.65. The predicted molar refractivity (Wildman–Crippen MR) is 77.2 cm³/mol. The highest BCUT2D eigenvalue weighted by molar-refractivity contribution is 5.95. The number of rotatable bonds is 6. The van der Waals surface area contributed by atoms with Crippen LogP contribution in [0.3, 0.4) is 0 Å².